The Morgan fingerprint density at radius 3 is 2.73 bits per heavy atom. The van der Waals surface area contributed by atoms with E-state index in [0.717, 1.165) is 11.1 Å². The van der Waals surface area contributed by atoms with Crippen LogP contribution in [0.2, 0.25) is 0 Å². The van der Waals surface area contributed by atoms with Crippen molar-refractivity contribution in [1.82, 2.24) is 14.9 Å². The average molecular weight is 401 g/mol. The Morgan fingerprint density at radius 1 is 1.20 bits per heavy atom. The molecule has 7 nitrogen and oxygen atoms in total. The van der Waals surface area contributed by atoms with Gasteiger partial charge in [0.2, 0.25) is 5.91 Å². The van der Waals surface area contributed by atoms with E-state index in [1.165, 1.54) is 0 Å². The number of nitrogens with one attached hydrogen (secondary N) is 1. The van der Waals surface area contributed by atoms with Crippen molar-refractivity contribution in [3.8, 4) is 0 Å². The number of benzene rings is 1. The Morgan fingerprint density at radius 2 is 2.00 bits per heavy atom. The minimum Gasteiger partial charge on any atom is -0.359 e. The first kappa shape index (κ1) is 19.6. The lowest BCUT2D eigenvalue weighted by Crippen LogP contribution is -2.40. The van der Waals surface area contributed by atoms with Crippen molar-refractivity contribution in [3.63, 3.8) is 0 Å². The Bertz CT molecular complexity index is 1060. The zero-order chi connectivity index (χ0) is 21.1. The molecule has 1 aliphatic rings. The summed E-state index contributed by atoms with van der Waals surface area (Å²) in [7, 11) is 1.75. The molecule has 1 aliphatic heterocycles. The van der Waals surface area contributed by atoms with Gasteiger partial charge in [-0.1, -0.05) is 36.4 Å². The van der Waals surface area contributed by atoms with E-state index in [-0.39, 0.29) is 24.4 Å². The van der Waals surface area contributed by atoms with Crippen LogP contribution in [0.1, 0.15) is 34.5 Å². The van der Waals surface area contributed by atoms with Crippen LogP contribution in [0.5, 0.6) is 0 Å². The van der Waals surface area contributed by atoms with Crippen LogP contribution in [-0.2, 0) is 11.3 Å². The first-order valence-corrected chi connectivity index (χ1v) is 9.80. The van der Waals surface area contributed by atoms with E-state index in [2.05, 4.69) is 15.3 Å². The Hall–Kier alpha value is -3.74. The lowest BCUT2D eigenvalue weighted by molar-refractivity contribution is -0.117. The summed E-state index contributed by atoms with van der Waals surface area (Å²) in [6, 6.07) is 15.1. The standard InChI is InChI=1S/C23H23N5O2/c1-16(18-9-6-10-24-12-18)27(2)23(30)19-11-20-22(25-13-19)26-14-21(29)28(20)15-17-7-4-3-5-8-17/h3-13,16H,14-15H2,1-2H3,(H,25,26). The fourth-order valence-electron chi connectivity index (χ4n) is 3.47. The van der Waals surface area contributed by atoms with Gasteiger partial charge in [0, 0.05) is 25.6 Å². The van der Waals surface area contributed by atoms with Gasteiger partial charge in [-0.15, -0.1) is 0 Å². The van der Waals surface area contributed by atoms with Gasteiger partial charge in [0.05, 0.1) is 30.4 Å². The molecule has 0 saturated heterocycles. The molecule has 0 bridgehead atoms. The van der Waals surface area contributed by atoms with Gasteiger partial charge in [-0.3, -0.25) is 14.6 Å². The van der Waals surface area contributed by atoms with Crippen molar-refractivity contribution < 1.29 is 9.59 Å². The first-order valence-electron chi connectivity index (χ1n) is 9.80. The van der Waals surface area contributed by atoms with E-state index in [1.54, 1.807) is 41.5 Å². The third-order valence-corrected chi connectivity index (χ3v) is 5.37. The zero-order valence-electron chi connectivity index (χ0n) is 16.9. The molecule has 1 unspecified atom stereocenters. The zero-order valence-corrected chi connectivity index (χ0v) is 16.9. The molecule has 2 amide bonds. The number of fused-ring (bicyclic) bond motifs is 1. The predicted molar refractivity (Wildman–Crippen MR) is 115 cm³/mol. The minimum atomic E-state index is -0.167. The number of amides is 2. The summed E-state index contributed by atoms with van der Waals surface area (Å²) in [5, 5.41) is 3.04. The Balaban J connectivity index is 1.62. The predicted octanol–water partition coefficient (Wildman–Crippen LogP) is 3.27. The highest BCUT2D eigenvalue weighted by Crippen LogP contribution is 2.31. The minimum absolute atomic E-state index is 0.0603. The van der Waals surface area contributed by atoms with Gasteiger partial charge in [0.15, 0.2) is 5.82 Å². The molecule has 3 aromatic rings. The van der Waals surface area contributed by atoms with Crippen LogP contribution in [-0.4, -0.2) is 40.3 Å². The van der Waals surface area contributed by atoms with Gasteiger partial charge in [0.25, 0.3) is 5.91 Å². The fourth-order valence-corrected chi connectivity index (χ4v) is 3.47. The highest BCUT2D eigenvalue weighted by atomic mass is 16.2. The second kappa shape index (κ2) is 8.32. The monoisotopic (exact) mass is 401 g/mol. The van der Waals surface area contributed by atoms with Crippen molar-refractivity contribution in [1.29, 1.82) is 0 Å². The molecule has 0 saturated carbocycles. The first-order chi connectivity index (χ1) is 14.5. The van der Waals surface area contributed by atoms with E-state index in [4.69, 9.17) is 0 Å². The number of nitrogens with zero attached hydrogens (tertiary/aromatic N) is 4. The maximum atomic E-state index is 13.1. The maximum absolute atomic E-state index is 13.1. The average Bonchev–Trinajstić information content (AvgIpc) is 2.80. The summed E-state index contributed by atoms with van der Waals surface area (Å²) in [5.74, 6) is 0.374. The molecule has 7 heteroatoms. The molecule has 0 aliphatic carbocycles. The smallest absolute Gasteiger partial charge is 0.255 e. The SMILES string of the molecule is CC(c1cccnc1)N(C)C(=O)c1cnc2c(c1)N(Cc1ccccc1)C(=O)CN2. The normalized spacial score (nSPS) is 13.9. The number of hydrogen-bond acceptors (Lipinski definition) is 5. The molecule has 2 aromatic heterocycles. The quantitative estimate of drug-likeness (QED) is 0.710. The van der Waals surface area contributed by atoms with Crippen LogP contribution in [0, 0.1) is 0 Å². The molecule has 1 N–H and O–H groups in total. The van der Waals surface area contributed by atoms with Crippen molar-refractivity contribution in [2.24, 2.45) is 0 Å². The third-order valence-electron chi connectivity index (χ3n) is 5.37. The molecule has 0 spiro atoms. The van der Waals surface area contributed by atoms with Crippen molar-refractivity contribution in [2.45, 2.75) is 19.5 Å². The number of carbonyl (C=O) groups is 2. The molecular formula is C23H23N5O2. The van der Waals surface area contributed by atoms with Crippen LogP contribution >= 0.6 is 0 Å². The summed E-state index contributed by atoms with van der Waals surface area (Å²) in [6.45, 7) is 2.56. The maximum Gasteiger partial charge on any atom is 0.255 e. The third kappa shape index (κ3) is 3.87. The van der Waals surface area contributed by atoms with E-state index in [0.29, 0.717) is 23.6 Å². The van der Waals surface area contributed by atoms with Gasteiger partial charge in [0.1, 0.15) is 0 Å². The van der Waals surface area contributed by atoms with Gasteiger partial charge in [-0.2, -0.15) is 0 Å². The van der Waals surface area contributed by atoms with Crippen LogP contribution < -0.4 is 10.2 Å². The number of anilines is 2. The van der Waals surface area contributed by atoms with E-state index < -0.39 is 0 Å². The lowest BCUT2D eigenvalue weighted by atomic mass is 10.1. The number of pyridine rings is 2. The molecular weight excluding hydrogens is 378 g/mol. The molecule has 1 atom stereocenters. The molecule has 4 rings (SSSR count). The number of carbonyl (C=O) groups excluding carboxylic acids is 2. The molecule has 3 heterocycles. The fraction of sp³-hybridized carbons (Fsp3) is 0.217. The second-order valence-corrected chi connectivity index (χ2v) is 7.29. The van der Waals surface area contributed by atoms with Gasteiger partial charge >= 0.3 is 0 Å². The largest absolute Gasteiger partial charge is 0.359 e. The highest BCUT2D eigenvalue weighted by Gasteiger charge is 2.27. The molecule has 0 radical (unpaired) electrons. The summed E-state index contributed by atoms with van der Waals surface area (Å²) in [4.78, 5) is 37.6. The topological polar surface area (TPSA) is 78.4 Å². The Labute approximate surface area is 175 Å². The highest BCUT2D eigenvalue weighted by molar-refractivity contribution is 6.04. The van der Waals surface area contributed by atoms with Crippen molar-refractivity contribution in [3.05, 3.63) is 83.8 Å². The summed E-state index contributed by atoms with van der Waals surface area (Å²) < 4.78 is 0. The van der Waals surface area contributed by atoms with Crippen molar-refractivity contribution >= 4 is 23.3 Å². The molecule has 30 heavy (non-hydrogen) atoms. The van der Waals surface area contributed by atoms with Crippen LogP contribution in [0.15, 0.2) is 67.1 Å². The van der Waals surface area contributed by atoms with Crippen molar-refractivity contribution in [2.75, 3.05) is 23.8 Å². The molecule has 0 fully saturated rings. The van der Waals surface area contributed by atoms with Gasteiger partial charge in [-0.05, 0) is 30.2 Å². The lowest BCUT2D eigenvalue weighted by Gasteiger charge is -2.30. The van der Waals surface area contributed by atoms with E-state index in [1.807, 2.05) is 49.4 Å². The van der Waals surface area contributed by atoms with E-state index in [9.17, 15) is 9.59 Å². The number of aromatic nitrogens is 2. The summed E-state index contributed by atoms with van der Waals surface area (Å²) in [6.07, 6.45) is 5.01. The van der Waals surface area contributed by atoms with Crippen LogP contribution in [0.4, 0.5) is 11.5 Å². The number of hydrogen-bond donors (Lipinski definition) is 1. The summed E-state index contributed by atoms with van der Waals surface area (Å²) >= 11 is 0. The number of rotatable bonds is 5. The molecule has 152 valence electrons. The van der Waals surface area contributed by atoms with Gasteiger partial charge in [-0.25, -0.2) is 4.98 Å². The van der Waals surface area contributed by atoms with Crippen LogP contribution in [0.3, 0.4) is 0 Å². The van der Waals surface area contributed by atoms with Crippen LogP contribution in [0.25, 0.3) is 0 Å². The van der Waals surface area contributed by atoms with Gasteiger partial charge < -0.3 is 15.1 Å². The second-order valence-electron chi connectivity index (χ2n) is 7.29. The summed E-state index contributed by atoms with van der Waals surface area (Å²) in [5.41, 5.74) is 3.00. The molecule has 1 aromatic carbocycles. The van der Waals surface area contributed by atoms with E-state index >= 15 is 0 Å². The Kier molecular flexibility index (Phi) is 5.43.